The van der Waals surface area contributed by atoms with Gasteiger partial charge >= 0.3 is 5.69 Å². The first kappa shape index (κ1) is 9.51. The smallest absolute Gasteiger partial charge is 0.258 e. The van der Waals surface area contributed by atoms with Crippen molar-refractivity contribution in [3.63, 3.8) is 0 Å². The van der Waals surface area contributed by atoms with Crippen LogP contribution in [-0.2, 0) is 0 Å². The standard InChI is InChI=1S/C10H7FN2O2/c1-6-2-3-7-4-5-8(11)10(13(14)15)9(7)12-6/h2-5H,1H3. The van der Waals surface area contributed by atoms with Gasteiger partial charge < -0.3 is 0 Å². The third-order valence-electron chi connectivity index (χ3n) is 2.11. The molecule has 0 N–H and O–H groups in total. The number of hydrogen-bond acceptors (Lipinski definition) is 3. The van der Waals surface area contributed by atoms with E-state index in [2.05, 4.69) is 4.98 Å². The number of hydrogen-bond donors (Lipinski definition) is 0. The van der Waals surface area contributed by atoms with Crippen LogP contribution in [-0.4, -0.2) is 9.91 Å². The molecule has 0 spiro atoms. The predicted octanol–water partition coefficient (Wildman–Crippen LogP) is 2.59. The molecule has 0 fully saturated rings. The second-order valence-corrected chi connectivity index (χ2v) is 3.18. The maximum absolute atomic E-state index is 13.2. The molecule has 0 saturated heterocycles. The zero-order chi connectivity index (χ0) is 11.0. The second-order valence-electron chi connectivity index (χ2n) is 3.18. The van der Waals surface area contributed by atoms with Crippen LogP contribution in [0.25, 0.3) is 10.9 Å². The summed E-state index contributed by atoms with van der Waals surface area (Å²) in [4.78, 5) is 13.9. The summed E-state index contributed by atoms with van der Waals surface area (Å²) in [5.41, 5.74) is 0.160. The maximum atomic E-state index is 13.2. The van der Waals surface area contributed by atoms with E-state index < -0.39 is 16.4 Å². The van der Waals surface area contributed by atoms with Crippen LogP contribution < -0.4 is 0 Å². The molecule has 0 unspecified atom stereocenters. The van der Waals surface area contributed by atoms with Gasteiger partial charge in [-0.25, -0.2) is 4.98 Å². The molecule has 2 aromatic rings. The lowest BCUT2D eigenvalue weighted by molar-refractivity contribution is -0.385. The van der Waals surface area contributed by atoms with E-state index in [4.69, 9.17) is 0 Å². The fourth-order valence-corrected chi connectivity index (χ4v) is 1.42. The lowest BCUT2D eigenvalue weighted by Gasteiger charge is -2.00. The minimum Gasteiger partial charge on any atom is -0.258 e. The molecule has 0 atom stereocenters. The molecule has 0 aliphatic heterocycles. The first-order valence-electron chi connectivity index (χ1n) is 4.30. The van der Waals surface area contributed by atoms with Crippen LogP contribution >= 0.6 is 0 Å². The van der Waals surface area contributed by atoms with Crippen LogP contribution in [0.4, 0.5) is 10.1 Å². The Kier molecular flexibility index (Phi) is 2.07. The van der Waals surface area contributed by atoms with E-state index in [9.17, 15) is 14.5 Å². The molecule has 76 valence electrons. The third kappa shape index (κ3) is 1.52. The Morgan fingerprint density at radius 2 is 2.00 bits per heavy atom. The van der Waals surface area contributed by atoms with Crippen molar-refractivity contribution in [2.24, 2.45) is 0 Å². The Morgan fingerprint density at radius 1 is 1.33 bits per heavy atom. The van der Waals surface area contributed by atoms with Crippen LogP contribution in [0.1, 0.15) is 5.69 Å². The van der Waals surface area contributed by atoms with Gasteiger partial charge in [0, 0.05) is 11.1 Å². The van der Waals surface area contributed by atoms with Gasteiger partial charge in [0.2, 0.25) is 5.82 Å². The number of rotatable bonds is 1. The van der Waals surface area contributed by atoms with Gasteiger partial charge in [-0.15, -0.1) is 0 Å². The average Bonchev–Trinajstić information content (AvgIpc) is 2.16. The van der Waals surface area contributed by atoms with E-state index in [0.717, 1.165) is 6.07 Å². The van der Waals surface area contributed by atoms with Crippen molar-refractivity contribution in [3.05, 3.63) is 45.9 Å². The molecule has 2 rings (SSSR count). The van der Waals surface area contributed by atoms with Crippen LogP contribution in [0.15, 0.2) is 24.3 Å². The fourth-order valence-electron chi connectivity index (χ4n) is 1.42. The Labute approximate surface area is 84.5 Å². The number of nitro groups is 1. The Balaban J connectivity index is 2.90. The molecule has 4 nitrogen and oxygen atoms in total. The lowest BCUT2D eigenvalue weighted by atomic mass is 10.1. The van der Waals surface area contributed by atoms with Gasteiger partial charge in [0.1, 0.15) is 0 Å². The first-order chi connectivity index (χ1) is 7.09. The molecule has 1 aromatic heterocycles. The molecule has 0 amide bonds. The van der Waals surface area contributed by atoms with Gasteiger partial charge in [-0.05, 0) is 25.1 Å². The number of halogens is 1. The Hall–Kier alpha value is -2.04. The number of fused-ring (bicyclic) bond motifs is 1. The van der Waals surface area contributed by atoms with E-state index in [-0.39, 0.29) is 5.52 Å². The summed E-state index contributed by atoms with van der Waals surface area (Å²) in [5, 5.41) is 11.2. The van der Waals surface area contributed by atoms with Crippen molar-refractivity contribution in [3.8, 4) is 0 Å². The van der Waals surface area contributed by atoms with E-state index in [1.54, 1.807) is 19.1 Å². The van der Waals surface area contributed by atoms with E-state index in [1.807, 2.05) is 0 Å². The van der Waals surface area contributed by atoms with Gasteiger partial charge in [-0.3, -0.25) is 10.1 Å². The average molecular weight is 206 g/mol. The number of nitro benzene ring substituents is 1. The minimum atomic E-state index is -0.856. The van der Waals surface area contributed by atoms with Crippen molar-refractivity contribution >= 4 is 16.6 Å². The van der Waals surface area contributed by atoms with Gasteiger partial charge in [0.15, 0.2) is 5.52 Å². The molecule has 1 heterocycles. The van der Waals surface area contributed by atoms with Crippen molar-refractivity contribution in [1.29, 1.82) is 0 Å². The number of pyridine rings is 1. The number of benzene rings is 1. The zero-order valence-electron chi connectivity index (χ0n) is 7.90. The first-order valence-corrected chi connectivity index (χ1v) is 4.30. The third-order valence-corrected chi connectivity index (χ3v) is 2.11. The molecular weight excluding hydrogens is 199 g/mol. The van der Waals surface area contributed by atoms with E-state index >= 15 is 0 Å². The Morgan fingerprint density at radius 3 is 2.67 bits per heavy atom. The van der Waals surface area contributed by atoms with Crippen LogP contribution in [0, 0.1) is 22.9 Å². The molecule has 0 bridgehead atoms. The molecule has 0 radical (unpaired) electrons. The van der Waals surface area contributed by atoms with Crippen molar-refractivity contribution in [1.82, 2.24) is 4.98 Å². The maximum Gasteiger partial charge on any atom is 0.330 e. The highest BCUT2D eigenvalue weighted by atomic mass is 19.1. The predicted molar refractivity (Wildman–Crippen MR) is 53.1 cm³/mol. The summed E-state index contributed by atoms with van der Waals surface area (Å²) in [6.07, 6.45) is 0. The normalized spacial score (nSPS) is 10.5. The highest BCUT2D eigenvalue weighted by Crippen LogP contribution is 2.26. The van der Waals surface area contributed by atoms with Crippen LogP contribution in [0.2, 0.25) is 0 Å². The highest BCUT2D eigenvalue weighted by Gasteiger charge is 2.19. The van der Waals surface area contributed by atoms with E-state index in [0.29, 0.717) is 11.1 Å². The largest absolute Gasteiger partial charge is 0.330 e. The molecular formula is C10H7FN2O2. The zero-order valence-corrected chi connectivity index (χ0v) is 7.90. The molecule has 0 aliphatic carbocycles. The van der Waals surface area contributed by atoms with Crippen molar-refractivity contribution in [2.75, 3.05) is 0 Å². The quantitative estimate of drug-likeness (QED) is 0.532. The topological polar surface area (TPSA) is 56.0 Å². The van der Waals surface area contributed by atoms with Crippen molar-refractivity contribution < 1.29 is 9.31 Å². The fraction of sp³-hybridized carbons (Fsp3) is 0.100. The number of nitrogens with zero attached hydrogens (tertiary/aromatic N) is 2. The second kappa shape index (κ2) is 3.27. The minimum absolute atomic E-state index is 0.0972. The van der Waals surface area contributed by atoms with E-state index in [1.165, 1.54) is 6.07 Å². The number of aromatic nitrogens is 1. The lowest BCUT2D eigenvalue weighted by Crippen LogP contribution is -1.96. The van der Waals surface area contributed by atoms with Gasteiger partial charge in [0.25, 0.3) is 0 Å². The SMILES string of the molecule is Cc1ccc2ccc(F)c([N+](=O)[O-])c2n1. The highest BCUT2D eigenvalue weighted by molar-refractivity contribution is 5.87. The molecule has 5 heteroatoms. The van der Waals surface area contributed by atoms with Crippen molar-refractivity contribution in [2.45, 2.75) is 6.92 Å². The van der Waals surface area contributed by atoms with Crippen LogP contribution in [0.3, 0.4) is 0 Å². The molecule has 0 saturated carbocycles. The monoisotopic (exact) mass is 206 g/mol. The summed E-state index contributed by atoms with van der Waals surface area (Å²) in [6, 6.07) is 5.97. The summed E-state index contributed by atoms with van der Waals surface area (Å²) in [6.45, 7) is 1.70. The van der Waals surface area contributed by atoms with Gasteiger partial charge in [0.05, 0.1) is 4.92 Å². The molecule has 1 aromatic carbocycles. The van der Waals surface area contributed by atoms with Gasteiger partial charge in [-0.1, -0.05) is 6.07 Å². The van der Waals surface area contributed by atoms with Crippen LogP contribution in [0.5, 0.6) is 0 Å². The number of aryl methyl sites for hydroxylation is 1. The molecule has 15 heavy (non-hydrogen) atoms. The van der Waals surface area contributed by atoms with Gasteiger partial charge in [-0.2, -0.15) is 4.39 Å². The summed E-state index contributed by atoms with van der Waals surface area (Å²) in [7, 11) is 0. The summed E-state index contributed by atoms with van der Waals surface area (Å²) in [5.74, 6) is -0.856. The summed E-state index contributed by atoms with van der Waals surface area (Å²) < 4.78 is 13.2. The Bertz CT molecular complexity index is 549. The summed E-state index contributed by atoms with van der Waals surface area (Å²) >= 11 is 0. The molecule has 0 aliphatic rings.